The summed E-state index contributed by atoms with van der Waals surface area (Å²) in [5, 5.41) is 23.0. The molecule has 2 saturated heterocycles. The van der Waals surface area contributed by atoms with Gasteiger partial charge in [0.05, 0.1) is 16.5 Å². The third kappa shape index (κ3) is 5.55. The predicted molar refractivity (Wildman–Crippen MR) is 141 cm³/mol. The zero-order valence-corrected chi connectivity index (χ0v) is 20.4. The molecular weight excluding hydrogens is 474 g/mol. The molecule has 0 amide bonds. The summed E-state index contributed by atoms with van der Waals surface area (Å²) in [7, 11) is 0. The molecule has 1 atom stereocenters. The van der Waals surface area contributed by atoms with Crippen molar-refractivity contribution in [3.63, 3.8) is 0 Å². The number of benzene rings is 3. The topological polar surface area (TPSA) is 105 Å². The van der Waals surface area contributed by atoms with Gasteiger partial charge in [-0.1, -0.05) is 36.4 Å². The maximum absolute atomic E-state index is 12.1. The molecule has 10 heteroatoms. The molecule has 0 bridgehead atoms. The molecule has 0 aliphatic carbocycles. The van der Waals surface area contributed by atoms with E-state index in [9.17, 15) is 20.2 Å². The SMILES string of the molecule is O=[N+]([O-])c1ccc(N2CCN(c3ccc([C@H]4OCCCN4Cc4ccccc4)cc3[N+](=O)[O-])CC2)cc1. The van der Waals surface area contributed by atoms with E-state index in [1.807, 2.05) is 35.2 Å². The predicted octanol–water partition coefficient (Wildman–Crippen LogP) is 4.75. The van der Waals surface area contributed by atoms with Crippen molar-refractivity contribution in [3.05, 3.63) is 104 Å². The summed E-state index contributed by atoms with van der Waals surface area (Å²) < 4.78 is 6.10. The van der Waals surface area contributed by atoms with Gasteiger partial charge >= 0.3 is 0 Å². The molecule has 3 aromatic carbocycles. The third-order valence-corrected chi connectivity index (χ3v) is 6.95. The Morgan fingerprint density at radius 1 is 0.811 bits per heavy atom. The molecule has 0 N–H and O–H groups in total. The van der Waals surface area contributed by atoms with E-state index in [-0.39, 0.29) is 22.5 Å². The molecule has 5 rings (SSSR count). The molecule has 0 unspecified atom stereocenters. The van der Waals surface area contributed by atoms with Gasteiger partial charge < -0.3 is 14.5 Å². The fourth-order valence-electron chi connectivity index (χ4n) is 5.07. The van der Waals surface area contributed by atoms with Crippen molar-refractivity contribution in [3.8, 4) is 0 Å². The van der Waals surface area contributed by atoms with Crippen molar-refractivity contribution >= 4 is 22.7 Å². The highest BCUT2D eigenvalue weighted by Gasteiger charge is 2.29. The Morgan fingerprint density at radius 3 is 2.19 bits per heavy atom. The van der Waals surface area contributed by atoms with Gasteiger partial charge in [-0.05, 0) is 30.2 Å². The lowest BCUT2D eigenvalue weighted by molar-refractivity contribution is -0.384. The first-order chi connectivity index (χ1) is 18.0. The summed E-state index contributed by atoms with van der Waals surface area (Å²) in [5.74, 6) is 0. The molecule has 2 heterocycles. The zero-order chi connectivity index (χ0) is 25.8. The molecule has 0 spiro atoms. The minimum absolute atomic E-state index is 0.0578. The number of nitro groups is 2. The molecule has 3 aromatic rings. The maximum atomic E-state index is 12.1. The number of hydrogen-bond donors (Lipinski definition) is 0. The summed E-state index contributed by atoms with van der Waals surface area (Å²) in [6.07, 6.45) is 0.587. The minimum atomic E-state index is -0.413. The second-order valence-electron chi connectivity index (χ2n) is 9.29. The number of piperazine rings is 1. The Balaban J connectivity index is 1.31. The number of non-ortho nitro benzene ring substituents is 1. The van der Waals surface area contributed by atoms with Crippen LogP contribution in [-0.4, -0.2) is 54.1 Å². The van der Waals surface area contributed by atoms with Crippen LogP contribution in [0, 0.1) is 20.2 Å². The highest BCUT2D eigenvalue weighted by Crippen LogP contribution is 2.36. The van der Waals surface area contributed by atoms with Crippen molar-refractivity contribution in [2.24, 2.45) is 0 Å². The highest BCUT2D eigenvalue weighted by molar-refractivity contribution is 5.65. The number of hydrogen-bond acceptors (Lipinski definition) is 8. The van der Waals surface area contributed by atoms with Crippen LogP contribution in [0.2, 0.25) is 0 Å². The maximum Gasteiger partial charge on any atom is 0.292 e. The molecule has 10 nitrogen and oxygen atoms in total. The molecular formula is C27H29N5O5. The van der Waals surface area contributed by atoms with Crippen LogP contribution in [0.3, 0.4) is 0 Å². The summed E-state index contributed by atoms with van der Waals surface area (Å²) in [6.45, 7) is 4.73. The Morgan fingerprint density at radius 2 is 1.51 bits per heavy atom. The Bertz CT molecular complexity index is 1250. The average molecular weight is 504 g/mol. The second kappa shape index (κ2) is 10.9. The monoisotopic (exact) mass is 503 g/mol. The number of rotatable bonds is 7. The van der Waals surface area contributed by atoms with Crippen LogP contribution in [0.1, 0.15) is 23.8 Å². The number of nitrogens with zero attached hydrogens (tertiary/aromatic N) is 5. The van der Waals surface area contributed by atoms with E-state index in [4.69, 9.17) is 4.74 Å². The van der Waals surface area contributed by atoms with E-state index in [1.54, 1.807) is 18.2 Å². The van der Waals surface area contributed by atoms with E-state index in [0.717, 1.165) is 24.2 Å². The van der Waals surface area contributed by atoms with Crippen LogP contribution in [0.15, 0.2) is 72.8 Å². The molecule has 192 valence electrons. The van der Waals surface area contributed by atoms with Crippen LogP contribution >= 0.6 is 0 Å². The van der Waals surface area contributed by atoms with Crippen LogP contribution in [0.25, 0.3) is 0 Å². The van der Waals surface area contributed by atoms with Crippen LogP contribution in [-0.2, 0) is 11.3 Å². The van der Waals surface area contributed by atoms with Crippen molar-refractivity contribution in [2.45, 2.75) is 19.2 Å². The summed E-state index contributed by atoms with van der Waals surface area (Å²) >= 11 is 0. The lowest BCUT2D eigenvalue weighted by Gasteiger charge is -2.38. The first-order valence-corrected chi connectivity index (χ1v) is 12.4. The van der Waals surface area contributed by atoms with Crippen molar-refractivity contribution in [1.29, 1.82) is 0 Å². The van der Waals surface area contributed by atoms with Gasteiger partial charge in [0.2, 0.25) is 0 Å². The number of nitro benzene ring substituents is 2. The standard InChI is InChI=1S/C27H29N5O5/c33-31(34)24-10-8-23(9-11-24)28-14-16-29(17-15-28)25-12-7-22(19-26(25)32(35)36)27-30(13-4-18-37-27)20-21-5-2-1-3-6-21/h1-3,5-12,19,27H,4,13-18,20H2/t27-/m1/s1. The largest absolute Gasteiger partial charge is 0.368 e. The quantitative estimate of drug-likeness (QED) is 0.336. The molecule has 2 fully saturated rings. The van der Waals surface area contributed by atoms with Gasteiger partial charge in [-0.15, -0.1) is 0 Å². The summed E-state index contributed by atoms with van der Waals surface area (Å²) in [6, 6.07) is 22.1. The smallest absolute Gasteiger partial charge is 0.292 e. The minimum Gasteiger partial charge on any atom is -0.368 e. The van der Waals surface area contributed by atoms with Gasteiger partial charge in [-0.2, -0.15) is 0 Å². The van der Waals surface area contributed by atoms with E-state index >= 15 is 0 Å². The van der Waals surface area contributed by atoms with Crippen molar-refractivity contribution in [2.75, 3.05) is 49.1 Å². The van der Waals surface area contributed by atoms with Gasteiger partial charge in [0.1, 0.15) is 11.9 Å². The first-order valence-electron chi connectivity index (χ1n) is 12.4. The summed E-state index contributed by atoms with van der Waals surface area (Å²) in [5.41, 5.74) is 3.61. The molecule has 37 heavy (non-hydrogen) atoms. The fraction of sp³-hybridized carbons (Fsp3) is 0.333. The lowest BCUT2D eigenvalue weighted by Crippen LogP contribution is -2.46. The fourth-order valence-corrected chi connectivity index (χ4v) is 5.07. The Labute approximate surface area is 215 Å². The second-order valence-corrected chi connectivity index (χ2v) is 9.29. The molecule has 0 radical (unpaired) electrons. The molecule has 0 saturated carbocycles. The van der Waals surface area contributed by atoms with Gasteiger partial charge in [0.15, 0.2) is 0 Å². The number of ether oxygens (including phenoxy) is 1. The zero-order valence-electron chi connectivity index (χ0n) is 20.4. The Kier molecular flexibility index (Phi) is 7.29. The van der Waals surface area contributed by atoms with Gasteiger partial charge in [0, 0.05) is 68.7 Å². The third-order valence-electron chi connectivity index (χ3n) is 6.95. The van der Waals surface area contributed by atoms with E-state index in [2.05, 4.69) is 21.9 Å². The molecule has 2 aliphatic rings. The van der Waals surface area contributed by atoms with Crippen molar-refractivity contribution < 1.29 is 14.6 Å². The van der Waals surface area contributed by atoms with E-state index < -0.39 is 4.92 Å². The normalized spacial score (nSPS) is 18.5. The lowest BCUT2D eigenvalue weighted by atomic mass is 10.1. The van der Waals surface area contributed by atoms with E-state index in [0.29, 0.717) is 45.0 Å². The molecule has 0 aromatic heterocycles. The molecule has 2 aliphatic heterocycles. The van der Waals surface area contributed by atoms with E-state index in [1.165, 1.54) is 17.7 Å². The highest BCUT2D eigenvalue weighted by atomic mass is 16.6. The van der Waals surface area contributed by atoms with Gasteiger partial charge in [-0.25, -0.2) is 0 Å². The van der Waals surface area contributed by atoms with Crippen LogP contribution < -0.4 is 9.80 Å². The van der Waals surface area contributed by atoms with Crippen molar-refractivity contribution in [1.82, 2.24) is 4.90 Å². The van der Waals surface area contributed by atoms with Gasteiger partial charge in [0.25, 0.3) is 11.4 Å². The van der Waals surface area contributed by atoms with Gasteiger partial charge in [-0.3, -0.25) is 25.1 Å². The van der Waals surface area contributed by atoms with Crippen LogP contribution in [0.5, 0.6) is 0 Å². The van der Waals surface area contributed by atoms with Crippen LogP contribution in [0.4, 0.5) is 22.7 Å². The Hall–Kier alpha value is -4.02. The number of anilines is 2. The summed E-state index contributed by atoms with van der Waals surface area (Å²) in [4.78, 5) is 28.7. The average Bonchev–Trinajstić information content (AvgIpc) is 2.94. The first kappa shape index (κ1) is 24.7.